The van der Waals surface area contributed by atoms with Crippen LogP contribution in [0.15, 0.2) is 27.4 Å². The normalized spacial score (nSPS) is 24.5. The molecular weight excluding hydrogens is 390 g/mol. The molecule has 0 N–H and O–H groups in total. The number of aryl methyl sites for hydroxylation is 1. The van der Waals surface area contributed by atoms with Gasteiger partial charge in [0, 0.05) is 34.2 Å². The predicted octanol–water partition coefficient (Wildman–Crippen LogP) is 3.25. The van der Waals surface area contributed by atoms with E-state index in [4.69, 9.17) is 20.8 Å². The lowest BCUT2D eigenvalue weighted by molar-refractivity contribution is -0.154. The number of benzene rings is 1. The molecule has 2 saturated heterocycles. The Morgan fingerprint density at radius 1 is 1.41 bits per heavy atom. The monoisotopic (exact) mass is 407 g/mol. The standard InChI is InChI=1S/C19H18ClNO5S/c1-10-5-15-12(7-13(10)20)11(6-17(23)26-15)8-25-18(24)14-9-27-19(2)4-3-16(22)21(14)19/h5-7,14H,3-4,8-9H2,1-2H3/t14-,19-/m1/s1. The number of esters is 1. The third kappa shape index (κ3) is 3.12. The molecule has 8 heteroatoms. The van der Waals surface area contributed by atoms with Crippen LogP contribution < -0.4 is 5.63 Å². The Morgan fingerprint density at radius 3 is 2.96 bits per heavy atom. The first-order valence-electron chi connectivity index (χ1n) is 8.64. The number of amides is 1. The Labute approximate surface area is 164 Å². The molecule has 1 amide bonds. The minimum atomic E-state index is -0.591. The maximum atomic E-state index is 12.6. The first-order chi connectivity index (χ1) is 12.8. The van der Waals surface area contributed by atoms with Crippen LogP contribution >= 0.6 is 23.4 Å². The zero-order chi connectivity index (χ0) is 19.3. The Morgan fingerprint density at radius 2 is 2.19 bits per heavy atom. The maximum Gasteiger partial charge on any atom is 0.336 e. The molecule has 0 radical (unpaired) electrons. The van der Waals surface area contributed by atoms with Crippen LogP contribution in [-0.2, 0) is 20.9 Å². The fraction of sp³-hybridized carbons (Fsp3) is 0.421. The van der Waals surface area contributed by atoms with Gasteiger partial charge < -0.3 is 14.1 Å². The Bertz CT molecular complexity index is 1020. The molecule has 0 bridgehead atoms. The van der Waals surface area contributed by atoms with Crippen molar-refractivity contribution < 1.29 is 18.7 Å². The van der Waals surface area contributed by atoms with E-state index in [-0.39, 0.29) is 17.4 Å². The molecular formula is C19H18ClNO5S. The van der Waals surface area contributed by atoms with E-state index >= 15 is 0 Å². The van der Waals surface area contributed by atoms with E-state index in [0.717, 1.165) is 12.0 Å². The molecule has 2 aromatic rings. The van der Waals surface area contributed by atoms with Crippen molar-refractivity contribution in [3.63, 3.8) is 0 Å². The van der Waals surface area contributed by atoms with Crippen molar-refractivity contribution in [2.45, 2.75) is 44.2 Å². The summed E-state index contributed by atoms with van der Waals surface area (Å²) in [5.41, 5.74) is 1.19. The largest absolute Gasteiger partial charge is 0.459 e. The first-order valence-corrected chi connectivity index (χ1v) is 10.0. The summed E-state index contributed by atoms with van der Waals surface area (Å²) in [6.07, 6.45) is 1.19. The summed E-state index contributed by atoms with van der Waals surface area (Å²) in [5, 5.41) is 1.16. The number of nitrogens with zero attached hydrogens (tertiary/aromatic N) is 1. The SMILES string of the molecule is Cc1cc2oc(=O)cc(COC(=O)[C@H]3CS[C@]4(C)CCC(=O)N34)c2cc1Cl. The molecule has 27 heavy (non-hydrogen) atoms. The molecule has 2 aliphatic heterocycles. The summed E-state index contributed by atoms with van der Waals surface area (Å²) in [5.74, 6) is 0.0441. The Hall–Kier alpha value is -1.99. The van der Waals surface area contributed by atoms with E-state index in [2.05, 4.69) is 0 Å². The van der Waals surface area contributed by atoms with Crippen molar-refractivity contribution in [2.24, 2.45) is 0 Å². The molecule has 2 fully saturated rings. The van der Waals surface area contributed by atoms with Gasteiger partial charge in [0.1, 0.15) is 18.2 Å². The van der Waals surface area contributed by atoms with Crippen LogP contribution in [0.1, 0.15) is 30.9 Å². The van der Waals surface area contributed by atoms with Gasteiger partial charge in [-0.25, -0.2) is 9.59 Å². The average Bonchev–Trinajstić information content (AvgIpc) is 3.10. The molecule has 6 nitrogen and oxygen atoms in total. The minimum Gasteiger partial charge on any atom is -0.459 e. The second-order valence-corrected chi connectivity index (χ2v) is 8.97. The number of halogens is 1. The van der Waals surface area contributed by atoms with Gasteiger partial charge in [-0.05, 0) is 38.0 Å². The lowest BCUT2D eigenvalue weighted by Crippen LogP contribution is -2.46. The first kappa shape index (κ1) is 18.4. The number of rotatable bonds is 3. The molecule has 0 aliphatic carbocycles. The van der Waals surface area contributed by atoms with Gasteiger partial charge in [-0.2, -0.15) is 0 Å². The van der Waals surface area contributed by atoms with E-state index in [0.29, 0.717) is 33.7 Å². The molecule has 3 heterocycles. The van der Waals surface area contributed by atoms with Crippen molar-refractivity contribution in [3.8, 4) is 0 Å². The van der Waals surface area contributed by atoms with Gasteiger partial charge in [0.2, 0.25) is 5.91 Å². The summed E-state index contributed by atoms with van der Waals surface area (Å²) >= 11 is 7.79. The molecule has 2 aliphatic rings. The summed E-state index contributed by atoms with van der Waals surface area (Å²) in [6, 6.07) is 4.10. The Kier molecular flexibility index (Phi) is 4.47. The summed E-state index contributed by atoms with van der Waals surface area (Å²) < 4.78 is 10.7. The quantitative estimate of drug-likeness (QED) is 0.574. The van der Waals surface area contributed by atoms with Crippen molar-refractivity contribution in [3.05, 3.63) is 44.8 Å². The zero-order valence-corrected chi connectivity index (χ0v) is 16.5. The molecule has 1 aromatic carbocycles. The average molecular weight is 408 g/mol. The smallest absolute Gasteiger partial charge is 0.336 e. The number of carbonyl (C=O) groups is 2. The van der Waals surface area contributed by atoms with Crippen LogP contribution in [0.4, 0.5) is 0 Å². The van der Waals surface area contributed by atoms with E-state index in [1.807, 2.05) is 13.8 Å². The number of thioether (sulfide) groups is 1. The van der Waals surface area contributed by atoms with Crippen LogP contribution in [0.5, 0.6) is 0 Å². The molecule has 1 aromatic heterocycles. The van der Waals surface area contributed by atoms with E-state index < -0.39 is 17.6 Å². The van der Waals surface area contributed by atoms with Crippen LogP contribution in [0.25, 0.3) is 11.0 Å². The highest BCUT2D eigenvalue weighted by Gasteiger charge is 2.53. The van der Waals surface area contributed by atoms with Gasteiger partial charge in [-0.15, -0.1) is 11.8 Å². The predicted molar refractivity (Wildman–Crippen MR) is 103 cm³/mol. The summed E-state index contributed by atoms with van der Waals surface area (Å²) in [7, 11) is 0. The fourth-order valence-corrected chi connectivity index (χ4v) is 5.29. The van der Waals surface area contributed by atoms with Crippen molar-refractivity contribution in [1.29, 1.82) is 0 Å². The van der Waals surface area contributed by atoms with E-state index in [1.165, 1.54) is 6.07 Å². The second kappa shape index (κ2) is 6.56. The molecule has 0 unspecified atom stereocenters. The van der Waals surface area contributed by atoms with Crippen molar-refractivity contribution in [2.75, 3.05) is 5.75 Å². The summed E-state index contributed by atoms with van der Waals surface area (Å²) in [4.78, 5) is 38.0. The molecule has 4 rings (SSSR count). The van der Waals surface area contributed by atoms with Gasteiger partial charge in [0.15, 0.2) is 0 Å². The Balaban J connectivity index is 1.57. The number of hydrogen-bond donors (Lipinski definition) is 0. The highest BCUT2D eigenvalue weighted by atomic mass is 35.5. The number of hydrogen-bond acceptors (Lipinski definition) is 6. The topological polar surface area (TPSA) is 76.8 Å². The second-order valence-electron chi connectivity index (χ2n) is 7.06. The molecule has 0 spiro atoms. The third-order valence-electron chi connectivity index (χ3n) is 5.20. The van der Waals surface area contributed by atoms with E-state index in [1.54, 1.807) is 28.8 Å². The number of ether oxygens (including phenoxy) is 1. The molecule has 2 atom stereocenters. The number of carbonyl (C=O) groups excluding carboxylic acids is 2. The van der Waals surface area contributed by atoms with Gasteiger partial charge in [0.25, 0.3) is 0 Å². The zero-order valence-electron chi connectivity index (χ0n) is 14.9. The highest BCUT2D eigenvalue weighted by molar-refractivity contribution is 8.01. The highest BCUT2D eigenvalue weighted by Crippen LogP contribution is 2.47. The number of fused-ring (bicyclic) bond motifs is 2. The van der Waals surface area contributed by atoms with Gasteiger partial charge in [-0.1, -0.05) is 11.6 Å². The molecule has 0 saturated carbocycles. The van der Waals surface area contributed by atoms with Crippen molar-refractivity contribution in [1.82, 2.24) is 4.90 Å². The maximum absolute atomic E-state index is 12.6. The van der Waals surface area contributed by atoms with Crippen LogP contribution in [0.3, 0.4) is 0 Å². The third-order valence-corrected chi connectivity index (χ3v) is 7.11. The fourth-order valence-electron chi connectivity index (χ4n) is 3.71. The summed E-state index contributed by atoms with van der Waals surface area (Å²) in [6.45, 7) is 3.71. The van der Waals surface area contributed by atoms with Gasteiger partial charge in [-0.3, -0.25) is 4.79 Å². The lowest BCUT2D eigenvalue weighted by atomic mass is 10.1. The van der Waals surface area contributed by atoms with Crippen LogP contribution in [0.2, 0.25) is 5.02 Å². The van der Waals surface area contributed by atoms with Gasteiger partial charge in [0.05, 0.1) is 4.87 Å². The van der Waals surface area contributed by atoms with E-state index in [9.17, 15) is 14.4 Å². The van der Waals surface area contributed by atoms with Crippen LogP contribution in [0, 0.1) is 6.92 Å². The molecule has 142 valence electrons. The van der Waals surface area contributed by atoms with Crippen molar-refractivity contribution >= 4 is 46.2 Å². The van der Waals surface area contributed by atoms with Gasteiger partial charge >= 0.3 is 11.6 Å². The lowest BCUT2D eigenvalue weighted by Gasteiger charge is -2.29. The van der Waals surface area contributed by atoms with Crippen LogP contribution in [-0.4, -0.2) is 33.4 Å². The minimum absolute atomic E-state index is 0.0162.